The van der Waals surface area contributed by atoms with Gasteiger partial charge in [-0.05, 0) is 54.0 Å². The third kappa shape index (κ3) is 4.35. The maximum atomic E-state index is 4.43. The van der Waals surface area contributed by atoms with Gasteiger partial charge in [0, 0.05) is 41.1 Å². The average molecular weight is 421 g/mol. The highest BCUT2D eigenvalue weighted by atomic mass is 15.3. The molecule has 0 aliphatic rings. The van der Waals surface area contributed by atoms with Crippen molar-refractivity contribution in [3.63, 3.8) is 0 Å². The van der Waals surface area contributed by atoms with E-state index in [9.17, 15) is 0 Å². The fraction of sp³-hybridized carbons (Fsp3) is 0.107. The maximum Gasteiger partial charge on any atom is 0.0562 e. The molecule has 3 aromatic carbocycles. The molecule has 32 heavy (non-hydrogen) atoms. The Morgan fingerprint density at radius 2 is 1.75 bits per heavy atom. The highest BCUT2D eigenvalue weighted by molar-refractivity contribution is 6.09. The summed E-state index contributed by atoms with van der Waals surface area (Å²) in [6, 6.07) is 23.1. The van der Waals surface area contributed by atoms with Crippen molar-refractivity contribution in [2.75, 3.05) is 7.05 Å². The number of fused-ring (bicyclic) bond motifs is 3. The Morgan fingerprint density at radius 3 is 2.56 bits per heavy atom. The number of aryl methyl sites for hydroxylation is 1. The first-order valence-corrected chi connectivity index (χ1v) is 10.7. The molecule has 0 saturated heterocycles. The highest BCUT2D eigenvalue weighted by Crippen LogP contribution is 2.29. The van der Waals surface area contributed by atoms with E-state index in [2.05, 4.69) is 89.0 Å². The molecule has 4 nitrogen and oxygen atoms in total. The number of rotatable bonds is 8. The quantitative estimate of drug-likeness (QED) is 0.204. The summed E-state index contributed by atoms with van der Waals surface area (Å²) >= 11 is 0. The van der Waals surface area contributed by atoms with Crippen molar-refractivity contribution in [2.45, 2.75) is 13.5 Å². The van der Waals surface area contributed by atoms with Crippen molar-refractivity contribution in [1.29, 1.82) is 0 Å². The number of hydrogen-bond donors (Lipinski definition) is 2. The van der Waals surface area contributed by atoms with Crippen LogP contribution in [0.5, 0.6) is 0 Å². The lowest BCUT2D eigenvalue weighted by Gasteiger charge is -2.06. The monoisotopic (exact) mass is 420 g/mol. The molecule has 0 bridgehead atoms. The molecule has 4 heteroatoms. The Hall–Kier alpha value is -4.05. The van der Waals surface area contributed by atoms with Gasteiger partial charge >= 0.3 is 0 Å². The van der Waals surface area contributed by atoms with Crippen LogP contribution in [0.2, 0.25) is 0 Å². The van der Waals surface area contributed by atoms with Crippen molar-refractivity contribution < 1.29 is 0 Å². The van der Waals surface area contributed by atoms with Crippen LogP contribution in [0.25, 0.3) is 33.6 Å². The fourth-order valence-corrected chi connectivity index (χ4v) is 3.85. The molecule has 0 amide bonds. The van der Waals surface area contributed by atoms with Crippen LogP contribution in [-0.4, -0.2) is 17.8 Å². The SMILES string of the molecule is C=C(/C=C/c1cccc(C(=C)N/N=C/c2ccc3c(c2)c2ccccc2n3CC)c1)NC. The summed E-state index contributed by atoms with van der Waals surface area (Å²) in [5.74, 6) is 0. The van der Waals surface area contributed by atoms with Gasteiger partial charge in [0.05, 0.1) is 11.9 Å². The minimum Gasteiger partial charge on any atom is -0.389 e. The minimum atomic E-state index is 0.743. The lowest BCUT2D eigenvalue weighted by molar-refractivity contribution is 0.827. The summed E-state index contributed by atoms with van der Waals surface area (Å²) in [5, 5.41) is 9.95. The lowest BCUT2D eigenvalue weighted by atomic mass is 10.1. The van der Waals surface area contributed by atoms with Gasteiger partial charge in [-0.3, -0.25) is 5.43 Å². The van der Waals surface area contributed by atoms with Gasteiger partial charge in [0.1, 0.15) is 0 Å². The van der Waals surface area contributed by atoms with Gasteiger partial charge in [-0.1, -0.05) is 61.7 Å². The third-order valence-electron chi connectivity index (χ3n) is 5.56. The highest BCUT2D eigenvalue weighted by Gasteiger charge is 2.09. The van der Waals surface area contributed by atoms with Crippen molar-refractivity contribution in [3.05, 3.63) is 108 Å². The largest absolute Gasteiger partial charge is 0.389 e. The second-order valence-electron chi connectivity index (χ2n) is 7.62. The number of para-hydroxylation sites is 1. The topological polar surface area (TPSA) is 41.4 Å². The van der Waals surface area contributed by atoms with E-state index in [1.807, 2.05) is 43.6 Å². The van der Waals surface area contributed by atoms with E-state index < -0.39 is 0 Å². The number of benzene rings is 3. The van der Waals surface area contributed by atoms with E-state index in [1.54, 1.807) is 0 Å². The van der Waals surface area contributed by atoms with Gasteiger partial charge in [-0.2, -0.15) is 5.10 Å². The summed E-state index contributed by atoms with van der Waals surface area (Å²) in [6.07, 6.45) is 5.79. The van der Waals surface area contributed by atoms with Crippen LogP contribution in [0, 0.1) is 0 Å². The van der Waals surface area contributed by atoms with Gasteiger partial charge < -0.3 is 9.88 Å². The molecule has 0 fully saturated rings. The minimum absolute atomic E-state index is 0.743. The van der Waals surface area contributed by atoms with Crippen LogP contribution < -0.4 is 10.7 Å². The van der Waals surface area contributed by atoms with E-state index in [0.29, 0.717) is 0 Å². The Bertz CT molecular complexity index is 1350. The van der Waals surface area contributed by atoms with Crippen LogP contribution >= 0.6 is 0 Å². The standard InChI is InChI=1S/C28H28N4/c1-5-32-27-12-7-6-11-25(27)26-18-23(15-16-28(26)32)19-30-31-21(3)24-10-8-9-22(17-24)14-13-20(2)29-4/h6-19,29,31H,2-3,5H2,1,4H3/b14-13+,30-19+. The van der Waals surface area contributed by atoms with Gasteiger partial charge in [0.25, 0.3) is 0 Å². The van der Waals surface area contributed by atoms with Crippen LogP contribution in [-0.2, 0) is 6.54 Å². The van der Waals surface area contributed by atoms with Gasteiger partial charge in [0.15, 0.2) is 0 Å². The smallest absolute Gasteiger partial charge is 0.0562 e. The summed E-state index contributed by atoms with van der Waals surface area (Å²) in [5.41, 5.74) is 10.3. The Morgan fingerprint density at radius 1 is 0.938 bits per heavy atom. The third-order valence-corrected chi connectivity index (χ3v) is 5.56. The summed E-state index contributed by atoms with van der Waals surface area (Å²) in [4.78, 5) is 0. The number of nitrogens with one attached hydrogen (secondary N) is 2. The molecule has 4 rings (SSSR count). The van der Waals surface area contributed by atoms with Crippen LogP contribution in [0.1, 0.15) is 23.6 Å². The zero-order valence-electron chi connectivity index (χ0n) is 18.6. The van der Waals surface area contributed by atoms with Gasteiger partial charge in [0.2, 0.25) is 0 Å². The van der Waals surface area contributed by atoms with Gasteiger partial charge in [-0.25, -0.2) is 0 Å². The zero-order chi connectivity index (χ0) is 22.5. The zero-order valence-corrected chi connectivity index (χ0v) is 18.6. The Kier molecular flexibility index (Phi) is 6.22. The van der Waals surface area contributed by atoms with Crippen molar-refractivity contribution in [2.24, 2.45) is 5.10 Å². The number of hydrazone groups is 1. The molecule has 4 aromatic rings. The van der Waals surface area contributed by atoms with E-state index in [4.69, 9.17) is 0 Å². The fourth-order valence-electron chi connectivity index (χ4n) is 3.85. The molecule has 0 aliphatic heterocycles. The molecule has 0 atom stereocenters. The van der Waals surface area contributed by atoms with Crippen LogP contribution in [0.3, 0.4) is 0 Å². The molecular weight excluding hydrogens is 392 g/mol. The first-order valence-electron chi connectivity index (χ1n) is 10.7. The number of allylic oxidation sites excluding steroid dienone is 1. The molecule has 160 valence electrons. The first-order chi connectivity index (χ1) is 15.6. The average Bonchev–Trinajstić information content (AvgIpc) is 3.15. The molecule has 0 saturated carbocycles. The maximum absolute atomic E-state index is 4.43. The van der Waals surface area contributed by atoms with E-state index in [0.717, 1.165) is 34.6 Å². The van der Waals surface area contributed by atoms with E-state index in [1.165, 1.54) is 21.8 Å². The molecular formula is C28H28N4. The van der Waals surface area contributed by atoms with E-state index in [-0.39, 0.29) is 0 Å². The predicted molar refractivity (Wildman–Crippen MR) is 139 cm³/mol. The van der Waals surface area contributed by atoms with Crippen LogP contribution in [0.4, 0.5) is 0 Å². The van der Waals surface area contributed by atoms with Crippen molar-refractivity contribution >= 4 is 39.8 Å². The lowest BCUT2D eigenvalue weighted by Crippen LogP contribution is -2.03. The van der Waals surface area contributed by atoms with Crippen molar-refractivity contribution in [1.82, 2.24) is 15.3 Å². The Balaban J connectivity index is 1.52. The second kappa shape index (κ2) is 9.40. The molecule has 0 radical (unpaired) electrons. The van der Waals surface area contributed by atoms with E-state index >= 15 is 0 Å². The van der Waals surface area contributed by atoms with Crippen molar-refractivity contribution in [3.8, 4) is 0 Å². The number of nitrogens with zero attached hydrogens (tertiary/aromatic N) is 2. The normalized spacial score (nSPS) is 11.6. The molecule has 1 aromatic heterocycles. The number of aromatic nitrogens is 1. The molecule has 0 spiro atoms. The number of hydrogen-bond acceptors (Lipinski definition) is 3. The molecule has 0 unspecified atom stereocenters. The Labute approximate surface area is 189 Å². The molecule has 2 N–H and O–H groups in total. The summed E-state index contributed by atoms with van der Waals surface area (Å²) in [7, 11) is 1.85. The predicted octanol–water partition coefficient (Wildman–Crippen LogP) is 6.16. The summed E-state index contributed by atoms with van der Waals surface area (Å²) in [6.45, 7) is 11.2. The van der Waals surface area contributed by atoms with Gasteiger partial charge in [-0.15, -0.1) is 0 Å². The van der Waals surface area contributed by atoms with Crippen LogP contribution in [0.15, 0.2) is 96.8 Å². The number of likely N-dealkylation sites (N-methyl/N-ethyl adjacent to an activating group) is 1. The second-order valence-corrected chi connectivity index (χ2v) is 7.62. The summed E-state index contributed by atoms with van der Waals surface area (Å²) < 4.78 is 2.35. The first kappa shape index (κ1) is 21.2. The molecule has 1 heterocycles. The molecule has 0 aliphatic carbocycles.